The van der Waals surface area contributed by atoms with E-state index >= 15 is 0 Å². The molecule has 0 unspecified atom stereocenters. The highest BCUT2D eigenvalue weighted by Gasteiger charge is 2.29. The largest absolute Gasteiger partial charge is 0.435 e. The molecular weight excluding hydrogens is 294 g/mol. The van der Waals surface area contributed by atoms with Crippen molar-refractivity contribution in [1.82, 2.24) is 14.6 Å². The summed E-state index contributed by atoms with van der Waals surface area (Å²) in [4.78, 5) is 18.3. The normalized spacial score (nSPS) is 22.0. The van der Waals surface area contributed by atoms with E-state index < -0.39 is 10.0 Å². The van der Waals surface area contributed by atoms with Gasteiger partial charge in [0.05, 0.1) is 11.4 Å². The van der Waals surface area contributed by atoms with Crippen LogP contribution in [-0.4, -0.2) is 49.6 Å². The molecule has 116 valence electrons. The van der Waals surface area contributed by atoms with Crippen LogP contribution >= 0.6 is 0 Å². The molecular formula is C13H19N3O4S. The number of carbonyl (C=O) groups excluding carboxylic acids is 1. The lowest BCUT2D eigenvalue weighted by atomic mass is 10.3. The van der Waals surface area contributed by atoms with Gasteiger partial charge in [-0.15, -0.1) is 0 Å². The van der Waals surface area contributed by atoms with Gasteiger partial charge in [0.25, 0.3) is 5.91 Å². The van der Waals surface area contributed by atoms with Gasteiger partial charge in [0, 0.05) is 26.1 Å². The SMILES string of the molecule is Cc1nc(CC2CC2)oc1C(=O)N1CCNS(=O)(=O)CC1. The van der Waals surface area contributed by atoms with E-state index in [1.807, 2.05) is 0 Å². The van der Waals surface area contributed by atoms with Gasteiger partial charge in [-0.3, -0.25) is 4.79 Å². The highest BCUT2D eigenvalue weighted by Crippen LogP contribution is 2.32. The highest BCUT2D eigenvalue weighted by molar-refractivity contribution is 7.89. The van der Waals surface area contributed by atoms with Gasteiger partial charge in [-0.05, 0) is 25.7 Å². The number of rotatable bonds is 3. The molecule has 1 saturated heterocycles. The number of hydrogen-bond donors (Lipinski definition) is 1. The van der Waals surface area contributed by atoms with Crippen LogP contribution in [0.2, 0.25) is 0 Å². The molecule has 2 aliphatic rings. The average Bonchev–Trinajstić information content (AvgIpc) is 3.16. The zero-order valence-corrected chi connectivity index (χ0v) is 12.8. The molecule has 1 amide bonds. The Bertz CT molecular complexity index is 648. The fourth-order valence-electron chi connectivity index (χ4n) is 2.40. The fourth-order valence-corrected chi connectivity index (χ4v) is 3.41. The Hall–Kier alpha value is -1.41. The fraction of sp³-hybridized carbons (Fsp3) is 0.692. The molecule has 7 nitrogen and oxygen atoms in total. The van der Waals surface area contributed by atoms with Gasteiger partial charge in [0.15, 0.2) is 5.89 Å². The van der Waals surface area contributed by atoms with Gasteiger partial charge in [0.1, 0.15) is 0 Å². The maximum Gasteiger partial charge on any atom is 0.291 e. The number of nitrogens with one attached hydrogen (secondary N) is 1. The van der Waals surface area contributed by atoms with Crippen LogP contribution in [0.4, 0.5) is 0 Å². The second-order valence-corrected chi connectivity index (χ2v) is 7.60. The number of amides is 1. The molecule has 1 aliphatic heterocycles. The first-order chi connectivity index (χ1) is 9.94. The van der Waals surface area contributed by atoms with Gasteiger partial charge >= 0.3 is 0 Å². The summed E-state index contributed by atoms with van der Waals surface area (Å²) in [5.74, 6) is 1.13. The molecule has 21 heavy (non-hydrogen) atoms. The summed E-state index contributed by atoms with van der Waals surface area (Å²) >= 11 is 0. The summed E-state index contributed by atoms with van der Waals surface area (Å²) in [6.45, 7) is 2.50. The predicted molar refractivity (Wildman–Crippen MR) is 75.4 cm³/mol. The Labute approximate surface area is 123 Å². The second kappa shape index (κ2) is 5.42. The predicted octanol–water partition coefficient (Wildman–Crippen LogP) is 0.311. The average molecular weight is 313 g/mol. The van der Waals surface area contributed by atoms with Crippen molar-refractivity contribution in [3.63, 3.8) is 0 Å². The third-order valence-electron chi connectivity index (χ3n) is 3.82. The molecule has 1 N–H and O–H groups in total. The standard InChI is InChI=1S/C13H19N3O4S/c1-9-12(20-11(15-9)8-10-2-3-10)13(17)16-5-4-14-21(18,19)7-6-16/h10,14H,2-8H2,1H3. The first-order valence-electron chi connectivity index (χ1n) is 7.17. The topological polar surface area (TPSA) is 92.5 Å². The number of aryl methyl sites for hydroxylation is 1. The van der Waals surface area contributed by atoms with Crippen molar-refractivity contribution in [3.05, 3.63) is 17.3 Å². The van der Waals surface area contributed by atoms with E-state index in [-0.39, 0.29) is 30.5 Å². The molecule has 0 aromatic carbocycles. The minimum Gasteiger partial charge on any atom is -0.435 e. The van der Waals surface area contributed by atoms with E-state index in [0.717, 1.165) is 6.42 Å². The second-order valence-electron chi connectivity index (χ2n) is 5.68. The molecule has 8 heteroatoms. The van der Waals surface area contributed by atoms with Crippen LogP contribution in [0.5, 0.6) is 0 Å². The van der Waals surface area contributed by atoms with Crippen molar-refractivity contribution in [2.75, 3.05) is 25.4 Å². The van der Waals surface area contributed by atoms with Gasteiger partial charge in [-0.25, -0.2) is 18.1 Å². The van der Waals surface area contributed by atoms with Crippen LogP contribution in [0.3, 0.4) is 0 Å². The number of oxazole rings is 1. The summed E-state index contributed by atoms with van der Waals surface area (Å²) in [5, 5.41) is 0. The zero-order chi connectivity index (χ0) is 15.0. The van der Waals surface area contributed by atoms with E-state index in [0.29, 0.717) is 24.0 Å². The molecule has 1 aromatic heterocycles. The third kappa shape index (κ3) is 3.44. The van der Waals surface area contributed by atoms with Crippen LogP contribution in [0.15, 0.2) is 4.42 Å². The maximum atomic E-state index is 12.5. The zero-order valence-electron chi connectivity index (χ0n) is 12.0. The van der Waals surface area contributed by atoms with E-state index in [1.54, 1.807) is 6.92 Å². The Morgan fingerprint density at radius 1 is 1.43 bits per heavy atom. The minimum absolute atomic E-state index is 0.0825. The number of aromatic nitrogens is 1. The molecule has 0 radical (unpaired) electrons. The lowest BCUT2D eigenvalue weighted by molar-refractivity contribution is 0.0737. The number of carbonyl (C=O) groups is 1. The third-order valence-corrected chi connectivity index (χ3v) is 5.18. The summed E-state index contributed by atoms with van der Waals surface area (Å²) in [5.41, 5.74) is 0.579. The Morgan fingerprint density at radius 2 is 2.19 bits per heavy atom. The van der Waals surface area contributed by atoms with Gasteiger partial charge < -0.3 is 9.32 Å². The molecule has 2 heterocycles. The Balaban J connectivity index is 1.73. The van der Waals surface area contributed by atoms with Crippen molar-refractivity contribution >= 4 is 15.9 Å². The van der Waals surface area contributed by atoms with E-state index in [9.17, 15) is 13.2 Å². The van der Waals surface area contributed by atoms with Crippen LogP contribution in [0.25, 0.3) is 0 Å². The van der Waals surface area contributed by atoms with E-state index in [2.05, 4.69) is 9.71 Å². The number of nitrogens with zero attached hydrogens (tertiary/aromatic N) is 2. The summed E-state index contributed by atoms with van der Waals surface area (Å²) < 4.78 is 31.0. The molecule has 1 aliphatic carbocycles. The molecule has 2 fully saturated rings. The summed E-state index contributed by atoms with van der Waals surface area (Å²) in [6.07, 6.45) is 3.17. The smallest absolute Gasteiger partial charge is 0.291 e. The maximum absolute atomic E-state index is 12.5. The van der Waals surface area contributed by atoms with Gasteiger partial charge in [-0.2, -0.15) is 0 Å². The quantitative estimate of drug-likeness (QED) is 0.867. The molecule has 1 saturated carbocycles. The Kier molecular flexibility index (Phi) is 3.75. The highest BCUT2D eigenvalue weighted by atomic mass is 32.2. The Morgan fingerprint density at radius 3 is 2.90 bits per heavy atom. The van der Waals surface area contributed by atoms with Gasteiger partial charge in [-0.1, -0.05) is 0 Å². The lowest BCUT2D eigenvalue weighted by Crippen LogP contribution is -2.35. The van der Waals surface area contributed by atoms with Crippen LogP contribution < -0.4 is 4.72 Å². The number of hydrogen-bond acceptors (Lipinski definition) is 5. The first kappa shape index (κ1) is 14.5. The van der Waals surface area contributed by atoms with E-state index in [1.165, 1.54) is 17.7 Å². The van der Waals surface area contributed by atoms with Crippen molar-refractivity contribution in [2.45, 2.75) is 26.2 Å². The lowest BCUT2D eigenvalue weighted by Gasteiger charge is -2.17. The minimum atomic E-state index is -3.27. The van der Waals surface area contributed by atoms with Crippen molar-refractivity contribution < 1.29 is 17.6 Å². The summed E-state index contributed by atoms with van der Waals surface area (Å²) in [7, 11) is -3.27. The van der Waals surface area contributed by atoms with Crippen LogP contribution in [0.1, 0.15) is 35.0 Å². The van der Waals surface area contributed by atoms with Gasteiger partial charge in [0.2, 0.25) is 15.8 Å². The number of sulfonamides is 1. The first-order valence-corrected chi connectivity index (χ1v) is 8.83. The summed E-state index contributed by atoms with van der Waals surface area (Å²) in [6, 6.07) is 0. The van der Waals surface area contributed by atoms with E-state index in [4.69, 9.17) is 4.42 Å². The molecule has 3 rings (SSSR count). The van der Waals surface area contributed by atoms with Crippen LogP contribution in [-0.2, 0) is 16.4 Å². The van der Waals surface area contributed by atoms with Crippen LogP contribution in [0, 0.1) is 12.8 Å². The molecule has 0 atom stereocenters. The molecule has 1 aromatic rings. The van der Waals surface area contributed by atoms with Crippen molar-refractivity contribution in [2.24, 2.45) is 5.92 Å². The monoisotopic (exact) mass is 313 g/mol. The van der Waals surface area contributed by atoms with Crippen molar-refractivity contribution in [3.8, 4) is 0 Å². The van der Waals surface area contributed by atoms with Crippen molar-refractivity contribution in [1.29, 1.82) is 0 Å². The molecule has 0 bridgehead atoms. The molecule has 0 spiro atoms.